The van der Waals surface area contributed by atoms with Crippen LogP contribution in [0.1, 0.15) is 74.7 Å². The van der Waals surface area contributed by atoms with Gasteiger partial charge >= 0.3 is 11.9 Å². The number of carbonyl (C=O) groups is 2. The van der Waals surface area contributed by atoms with Crippen molar-refractivity contribution >= 4 is 33.5 Å². The molecule has 0 aliphatic heterocycles. The third-order valence-corrected chi connectivity index (χ3v) is 6.44. The quantitative estimate of drug-likeness (QED) is 0.636. The zero-order chi connectivity index (χ0) is 21.1. The second-order valence-electron chi connectivity index (χ2n) is 7.24. The molecule has 0 saturated carbocycles. The Bertz CT molecular complexity index is 978. The normalized spacial score (nSPS) is 17.0. The van der Waals surface area contributed by atoms with Gasteiger partial charge in [0.25, 0.3) is 5.56 Å². The lowest BCUT2D eigenvalue weighted by molar-refractivity contribution is -0.148. The van der Waals surface area contributed by atoms with Gasteiger partial charge in [-0.15, -0.1) is 11.3 Å². The molecule has 0 N–H and O–H groups in total. The Morgan fingerprint density at radius 3 is 2.69 bits per heavy atom. The molecule has 1 aliphatic rings. The van der Waals surface area contributed by atoms with Crippen LogP contribution in [0.3, 0.4) is 0 Å². The van der Waals surface area contributed by atoms with Crippen LogP contribution in [0.15, 0.2) is 4.79 Å². The monoisotopic (exact) mass is 420 g/mol. The third-order valence-electron chi connectivity index (χ3n) is 5.28. The van der Waals surface area contributed by atoms with Gasteiger partial charge in [0, 0.05) is 4.88 Å². The van der Waals surface area contributed by atoms with Crippen molar-refractivity contribution in [3.8, 4) is 0 Å². The number of thiophene rings is 1. The minimum Gasteiger partial charge on any atom is -0.466 e. The summed E-state index contributed by atoms with van der Waals surface area (Å²) in [4.78, 5) is 45.0. The zero-order valence-corrected chi connectivity index (χ0v) is 18.3. The minimum atomic E-state index is -0.730. The van der Waals surface area contributed by atoms with Crippen LogP contribution in [-0.4, -0.2) is 34.7 Å². The molecule has 2 heterocycles. The molecule has 2 aromatic heterocycles. The Labute approximate surface area is 174 Å². The van der Waals surface area contributed by atoms with Crippen LogP contribution < -0.4 is 5.56 Å². The number of ether oxygens (including phenoxy) is 2. The van der Waals surface area contributed by atoms with E-state index in [1.807, 2.05) is 13.8 Å². The highest BCUT2D eigenvalue weighted by Gasteiger charge is 2.34. The molecule has 158 valence electrons. The predicted octanol–water partition coefficient (Wildman–Crippen LogP) is 3.65. The van der Waals surface area contributed by atoms with E-state index < -0.39 is 17.9 Å². The smallest absolute Gasteiger partial charge is 0.329 e. The van der Waals surface area contributed by atoms with Gasteiger partial charge in [-0.3, -0.25) is 14.2 Å². The number of aromatic nitrogens is 2. The first-order valence-corrected chi connectivity index (χ1v) is 11.1. The van der Waals surface area contributed by atoms with Gasteiger partial charge in [0.05, 0.1) is 24.5 Å². The summed E-state index contributed by atoms with van der Waals surface area (Å²) in [5, 5.41) is 0.454. The Morgan fingerprint density at radius 1 is 1.28 bits per heavy atom. The fourth-order valence-corrected chi connectivity index (χ4v) is 5.31. The highest BCUT2D eigenvalue weighted by Crippen LogP contribution is 2.41. The van der Waals surface area contributed by atoms with Crippen LogP contribution in [0.5, 0.6) is 0 Å². The molecule has 0 saturated heterocycles. The second kappa shape index (κ2) is 9.07. The Hall–Kier alpha value is -2.22. The average Bonchev–Trinajstić information content (AvgIpc) is 3.07. The van der Waals surface area contributed by atoms with Crippen molar-refractivity contribution in [1.29, 1.82) is 0 Å². The molecule has 0 radical (unpaired) electrons. The summed E-state index contributed by atoms with van der Waals surface area (Å²) in [6.45, 7) is 7.90. The molecule has 2 atom stereocenters. The lowest BCUT2D eigenvalue weighted by Gasteiger charge is -2.22. The number of rotatable bonds is 7. The number of aryl methyl sites for hydroxylation is 2. The molecule has 0 amide bonds. The molecule has 2 aromatic rings. The van der Waals surface area contributed by atoms with E-state index in [2.05, 4.69) is 4.98 Å². The van der Waals surface area contributed by atoms with Crippen LogP contribution in [0, 0.1) is 6.92 Å². The lowest BCUT2D eigenvalue weighted by Crippen LogP contribution is -2.34. The van der Waals surface area contributed by atoms with Crippen molar-refractivity contribution in [2.75, 3.05) is 13.2 Å². The Balaban J connectivity index is 2.17. The number of hydrogen-bond donors (Lipinski definition) is 0. The van der Waals surface area contributed by atoms with Crippen molar-refractivity contribution in [1.82, 2.24) is 9.55 Å². The van der Waals surface area contributed by atoms with E-state index in [-0.39, 0.29) is 11.5 Å². The molecule has 2 unspecified atom stereocenters. The molecule has 0 spiro atoms. The highest BCUT2D eigenvalue weighted by molar-refractivity contribution is 7.18. The highest BCUT2D eigenvalue weighted by atomic mass is 32.1. The maximum atomic E-state index is 13.6. The van der Waals surface area contributed by atoms with Crippen molar-refractivity contribution in [2.24, 2.45) is 0 Å². The molecular weight excluding hydrogens is 392 g/mol. The van der Waals surface area contributed by atoms with Gasteiger partial charge in [0.15, 0.2) is 0 Å². The molecular formula is C21H28N2O5S. The SMILES string of the molecule is CCCOC(=O)C(CC)n1c(C)nc2sc3c(c2c1=O)C(C(=O)OCC)CCC3. The molecule has 0 bridgehead atoms. The first kappa shape index (κ1) is 21.5. The first-order chi connectivity index (χ1) is 13.9. The number of esters is 2. The van der Waals surface area contributed by atoms with Crippen LogP contribution in [0.4, 0.5) is 0 Å². The van der Waals surface area contributed by atoms with Crippen LogP contribution >= 0.6 is 11.3 Å². The summed E-state index contributed by atoms with van der Waals surface area (Å²) >= 11 is 1.47. The number of hydrogen-bond acceptors (Lipinski definition) is 7. The number of carbonyl (C=O) groups excluding carboxylic acids is 2. The van der Waals surface area contributed by atoms with Crippen molar-refractivity contribution in [3.63, 3.8) is 0 Å². The topological polar surface area (TPSA) is 87.5 Å². The molecule has 29 heavy (non-hydrogen) atoms. The molecule has 1 aliphatic carbocycles. The van der Waals surface area contributed by atoms with E-state index in [4.69, 9.17) is 9.47 Å². The number of nitrogens with zero attached hydrogens (tertiary/aromatic N) is 2. The van der Waals surface area contributed by atoms with E-state index in [9.17, 15) is 14.4 Å². The third kappa shape index (κ3) is 3.95. The van der Waals surface area contributed by atoms with Crippen molar-refractivity contribution in [2.45, 2.75) is 71.8 Å². The van der Waals surface area contributed by atoms with Gasteiger partial charge < -0.3 is 9.47 Å². The predicted molar refractivity (Wildman–Crippen MR) is 112 cm³/mol. The van der Waals surface area contributed by atoms with Crippen LogP contribution in [0.25, 0.3) is 10.2 Å². The molecule has 8 heteroatoms. The maximum Gasteiger partial charge on any atom is 0.329 e. The van der Waals surface area contributed by atoms with E-state index in [0.29, 0.717) is 48.5 Å². The van der Waals surface area contributed by atoms with Gasteiger partial charge in [-0.25, -0.2) is 9.78 Å². The molecule has 7 nitrogen and oxygen atoms in total. The maximum absolute atomic E-state index is 13.6. The standard InChI is InChI=1S/C21H28N2O5S/c1-5-11-28-21(26)14(6-2)23-12(4)22-18-17(19(23)24)16-13(20(25)27-7-3)9-8-10-15(16)29-18/h13-14H,5-11H2,1-4H3. The van der Waals surface area contributed by atoms with Crippen LogP contribution in [0.2, 0.25) is 0 Å². The van der Waals surface area contributed by atoms with Crippen molar-refractivity contribution in [3.05, 3.63) is 26.6 Å². The summed E-state index contributed by atoms with van der Waals surface area (Å²) in [5.74, 6) is -0.694. The van der Waals surface area contributed by atoms with Crippen molar-refractivity contribution < 1.29 is 19.1 Å². The van der Waals surface area contributed by atoms with Gasteiger partial charge in [-0.05, 0) is 51.5 Å². The minimum absolute atomic E-state index is 0.276. The van der Waals surface area contributed by atoms with Crippen LogP contribution in [-0.2, 0) is 25.5 Å². The molecule has 0 aromatic carbocycles. The molecule has 3 rings (SSSR count). The van der Waals surface area contributed by atoms with Gasteiger partial charge in [0.2, 0.25) is 0 Å². The number of fused-ring (bicyclic) bond motifs is 3. The summed E-state index contributed by atoms with van der Waals surface area (Å²) in [7, 11) is 0. The zero-order valence-electron chi connectivity index (χ0n) is 17.4. The summed E-state index contributed by atoms with van der Waals surface area (Å²) in [6, 6.07) is -0.730. The summed E-state index contributed by atoms with van der Waals surface area (Å²) in [6.07, 6.45) is 3.48. The van der Waals surface area contributed by atoms with E-state index in [1.54, 1.807) is 13.8 Å². The van der Waals surface area contributed by atoms with E-state index >= 15 is 0 Å². The van der Waals surface area contributed by atoms with Gasteiger partial charge in [-0.2, -0.15) is 0 Å². The summed E-state index contributed by atoms with van der Waals surface area (Å²) < 4.78 is 12.0. The van der Waals surface area contributed by atoms with Gasteiger partial charge in [-0.1, -0.05) is 13.8 Å². The van der Waals surface area contributed by atoms with E-state index in [0.717, 1.165) is 23.3 Å². The summed E-state index contributed by atoms with van der Waals surface area (Å²) in [5.41, 5.74) is 0.472. The fraction of sp³-hybridized carbons (Fsp3) is 0.619. The first-order valence-electron chi connectivity index (χ1n) is 10.3. The van der Waals surface area contributed by atoms with E-state index in [1.165, 1.54) is 15.9 Å². The largest absolute Gasteiger partial charge is 0.466 e. The Morgan fingerprint density at radius 2 is 2.03 bits per heavy atom. The Kier molecular flexibility index (Phi) is 6.72. The fourth-order valence-electron chi connectivity index (χ4n) is 4.00. The van der Waals surface area contributed by atoms with Gasteiger partial charge in [0.1, 0.15) is 16.7 Å². The lowest BCUT2D eigenvalue weighted by atomic mass is 9.86. The second-order valence-corrected chi connectivity index (χ2v) is 8.33. The molecule has 0 fully saturated rings. The average molecular weight is 421 g/mol.